The molecular weight excluding hydrogens is 254 g/mol. The molecule has 16 heavy (non-hydrogen) atoms. The molecule has 0 spiro atoms. The van der Waals surface area contributed by atoms with Crippen LogP contribution in [-0.2, 0) is 0 Å². The van der Waals surface area contributed by atoms with Gasteiger partial charge in [-0.05, 0) is 25.1 Å². The molecule has 1 aromatic carbocycles. The van der Waals surface area contributed by atoms with Crippen LogP contribution in [0.1, 0.15) is 17.3 Å². The van der Waals surface area contributed by atoms with Gasteiger partial charge in [-0.3, -0.25) is 0 Å². The number of alkyl halides is 1. The topological polar surface area (TPSA) is 25.8 Å². The van der Waals surface area contributed by atoms with Crippen molar-refractivity contribution >= 4 is 22.9 Å². The molecule has 0 bridgehead atoms. The summed E-state index contributed by atoms with van der Waals surface area (Å²) in [6.07, 6.45) is 0. The summed E-state index contributed by atoms with van der Waals surface area (Å²) in [7, 11) is 0. The van der Waals surface area contributed by atoms with Gasteiger partial charge >= 0.3 is 0 Å². The van der Waals surface area contributed by atoms with E-state index in [0.717, 1.165) is 12.1 Å². The smallest absolute Gasteiger partial charge is 0.159 e. The number of hydrogen-bond acceptors (Lipinski definition) is 3. The van der Waals surface area contributed by atoms with Crippen molar-refractivity contribution in [2.45, 2.75) is 12.3 Å². The van der Waals surface area contributed by atoms with Gasteiger partial charge in [-0.1, -0.05) is 11.3 Å². The third kappa shape index (κ3) is 2.20. The number of halogens is 3. The minimum atomic E-state index is -0.895. The van der Waals surface area contributed by atoms with Gasteiger partial charge in [-0.25, -0.2) is 8.78 Å². The first-order chi connectivity index (χ1) is 7.58. The lowest BCUT2D eigenvalue weighted by molar-refractivity contribution is 0.509. The van der Waals surface area contributed by atoms with E-state index in [1.54, 1.807) is 6.92 Å². The molecule has 0 radical (unpaired) electrons. The van der Waals surface area contributed by atoms with Gasteiger partial charge in [-0.15, -0.1) is 21.8 Å². The van der Waals surface area contributed by atoms with E-state index in [0.29, 0.717) is 15.6 Å². The second-order valence-corrected chi connectivity index (χ2v) is 4.85. The second-order valence-electron chi connectivity index (χ2n) is 3.19. The normalized spacial score (nSPS) is 12.8. The maximum absolute atomic E-state index is 13.0. The Labute approximate surface area is 99.9 Å². The number of benzene rings is 1. The van der Waals surface area contributed by atoms with E-state index < -0.39 is 11.6 Å². The van der Waals surface area contributed by atoms with Crippen LogP contribution in [0, 0.1) is 11.6 Å². The zero-order valence-corrected chi connectivity index (χ0v) is 9.82. The lowest BCUT2D eigenvalue weighted by Gasteiger charge is -1.96. The zero-order chi connectivity index (χ0) is 11.7. The fourth-order valence-electron chi connectivity index (χ4n) is 1.14. The summed E-state index contributed by atoms with van der Waals surface area (Å²) < 4.78 is 25.7. The number of nitrogens with zero attached hydrogens (tertiary/aromatic N) is 2. The fourth-order valence-corrected chi connectivity index (χ4v) is 2.09. The van der Waals surface area contributed by atoms with Crippen LogP contribution in [0.4, 0.5) is 8.78 Å². The monoisotopic (exact) mass is 260 g/mol. The number of hydrogen-bond donors (Lipinski definition) is 0. The van der Waals surface area contributed by atoms with Gasteiger partial charge in [0.1, 0.15) is 10.0 Å². The largest absolute Gasteiger partial charge is 0.204 e. The van der Waals surface area contributed by atoms with Crippen molar-refractivity contribution in [1.82, 2.24) is 10.2 Å². The average Bonchev–Trinajstić information content (AvgIpc) is 2.71. The highest BCUT2D eigenvalue weighted by Gasteiger charge is 2.12. The van der Waals surface area contributed by atoms with Crippen LogP contribution in [0.25, 0.3) is 10.6 Å². The molecule has 0 amide bonds. The minimum Gasteiger partial charge on any atom is -0.204 e. The van der Waals surface area contributed by atoms with Crippen molar-refractivity contribution in [2.75, 3.05) is 0 Å². The van der Waals surface area contributed by atoms with Crippen LogP contribution < -0.4 is 0 Å². The molecule has 2 nitrogen and oxygen atoms in total. The van der Waals surface area contributed by atoms with Gasteiger partial charge in [0.15, 0.2) is 11.6 Å². The van der Waals surface area contributed by atoms with E-state index in [2.05, 4.69) is 10.2 Å². The van der Waals surface area contributed by atoms with Crippen molar-refractivity contribution in [2.24, 2.45) is 0 Å². The molecule has 0 aliphatic carbocycles. The molecular formula is C10H7ClF2N2S. The van der Waals surface area contributed by atoms with Crippen molar-refractivity contribution in [3.05, 3.63) is 34.8 Å². The van der Waals surface area contributed by atoms with E-state index in [-0.39, 0.29) is 5.38 Å². The Morgan fingerprint density at radius 1 is 1.25 bits per heavy atom. The van der Waals surface area contributed by atoms with Crippen LogP contribution in [0.2, 0.25) is 0 Å². The molecule has 0 saturated heterocycles. The maximum Gasteiger partial charge on any atom is 0.159 e. The molecule has 1 atom stereocenters. The van der Waals surface area contributed by atoms with Crippen LogP contribution in [0.15, 0.2) is 18.2 Å². The Morgan fingerprint density at radius 2 is 2.00 bits per heavy atom. The van der Waals surface area contributed by atoms with Gasteiger partial charge in [0, 0.05) is 5.56 Å². The van der Waals surface area contributed by atoms with E-state index in [9.17, 15) is 8.78 Å². The molecule has 2 rings (SSSR count). The molecule has 0 aliphatic rings. The van der Waals surface area contributed by atoms with Crippen molar-refractivity contribution < 1.29 is 8.78 Å². The molecule has 2 aromatic rings. The first-order valence-electron chi connectivity index (χ1n) is 4.51. The first kappa shape index (κ1) is 11.4. The van der Waals surface area contributed by atoms with E-state index >= 15 is 0 Å². The standard InChI is InChI=1S/C10H7ClF2N2S/c1-5(11)9-14-15-10(16-9)6-2-3-7(12)8(13)4-6/h2-5H,1H3. The van der Waals surface area contributed by atoms with Gasteiger partial charge < -0.3 is 0 Å². The van der Waals surface area contributed by atoms with Gasteiger partial charge in [0.2, 0.25) is 0 Å². The summed E-state index contributed by atoms with van der Waals surface area (Å²) in [5, 5.41) is 8.68. The van der Waals surface area contributed by atoms with Crippen molar-refractivity contribution in [3.63, 3.8) is 0 Å². The molecule has 84 valence electrons. The third-order valence-corrected chi connectivity index (χ3v) is 3.44. The Bertz CT molecular complexity index is 513. The lowest BCUT2D eigenvalue weighted by atomic mass is 10.2. The van der Waals surface area contributed by atoms with Crippen LogP contribution in [-0.4, -0.2) is 10.2 Å². The summed E-state index contributed by atoms with van der Waals surface area (Å²) >= 11 is 7.10. The molecule has 0 N–H and O–H groups in total. The highest BCUT2D eigenvalue weighted by atomic mass is 35.5. The number of rotatable bonds is 2. The number of aromatic nitrogens is 2. The summed E-state index contributed by atoms with van der Waals surface area (Å²) in [4.78, 5) is 0. The predicted octanol–water partition coefficient (Wildman–Crippen LogP) is 3.78. The molecule has 0 fully saturated rings. The molecule has 1 unspecified atom stereocenters. The fraction of sp³-hybridized carbons (Fsp3) is 0.200. The molecule has 6 heteroatoms. The van der Waals surface area contributed by atoms with Crippen LogP contribution in [0.5, 0.6) is 0 Å². The van der Waals surface area contributed by atoms with Gasteiger partial charge in [-0.2, -0.15) is 0 Å². The summed E-state index contributed by atoms with van der Waals surface area (Å²) in [6.45, 7) is 1.77. The first-order valence-corrected chi connectivity index (χ1v) is 5.76. The molecule has 1 heterocycles. The zero-order valence-electron chi connectivity index (χ0n) is 8.25. The minimum absolute atomic E-state index is 0.239. The van der Waals surface area contributed by atoms with Crippen LogP contribution in [0.3, 0.4) is 0 Å². The van der Waals surface area contributed by atoms with Gasteiger partial charge in [0.25, 0.3) is 0 Å². The Balaban J connectivity index is 2.39. The molecule has 1 aromatic heterocycles. The van der Waals surface area contributed by atoms with Crippen molar-refractivity contribution in [1.29, 1.82) is 0 Å². The Hall–Kier alpha value is -1.07. The van der Waals surface area contributed by atoms with Crippen molar-refractivity contribution in [3.8, 4) is 10.6 Å². The van der Waals surface area contributed by atoms with E-state index in [1.807, 2.05) is 0 Å². The maximum atomic E-state index is 13.0. The van der Waals surface area contributed by atoms with E-state index in [1.165, 1.54) is 17.4 Å². The SMILES string of the molecule is CC(Cl)c1nnc(-c2ccc(F)c(F)c2)s1. The predicted molar refractivity (Wildman–Crippen MR) is 59.5 cm³/mol. The Morgan fingerprint density at radius 3 is 2.56 bits per heavy atom. The average molecular weight is 261 g/mol. The van der Waals surface area contributed by atoms with E-state index in [4.69, 9.17) is 11.6 Å². The second kappa shape index (κ2) is 4.43. The Kier molecular flexibility index (Phi) is 3.16. The lowest BCUT2D eigenvalue weighted by Crippen LogP contribution is -1.84. The third-order valence-electron chi connectivity index (χ3n) is 1.95. The van der Waals surface area contributed by atoms with Gasteiger partial charge in [0.05, 0.1) is 5.38 Å². The quantitative estimate of drug-likeness (QED) is 0.768. The molecule has 0 aliphatic heterocycles. The highest BCUT2D eigenvalue weighted by molar-refractivity contribution is 7.15. The molecule has 0 saturated carbocycles. The van der Waals surface area contributed by atoms with Crippen LogP contribution >= 0.6 is 22.9 Å². The summed E-state index contributed by atoms with van der Waals surface area (Å²) in [5.74, 6) is -1.77. The highest BCUT2D eigenvalue weighted by Crippen LogP contribution is 2.29. The summed E-state index contributed by atoms with van der Waals surface area (Å²) in [5.41, 5.74) is 0.500. The summed E-state index contributed by atoms with van der Waals surface area (Å²) in [6, 6.07) is 3.62.